The second-order valence-electron chi connectivity index (χ2n) is 6.41. The van der Waals surface area contributed by atoms with Crippen molar-refractivity contribution >= 4 is 33.8 Å². The third-order valence-electron chi connectivity index (χ3n) is 4.09. The van der Waals surface area contributed by atoms with E-state index in [1.165, 1.54) is 29.7 Å². The molecule has 0 aliphatic rings. The second kappa shape index (κ2) is 8.23. The Morgan fingerprint density at radius 2 is 1.73 bits per heavy atom. The normalized spacial score (nSPS) is 11.3. The zero-order valence-electron chi connectivity index (χ0n) is 15.7. The van der Waals surface area contributed by atoms with Crippen molar-refractivity contribution in [2.45, 2.75) is 20.0 Å². The Bertz CT molecular complexity index is 1130. The van der Waals surface area contributed by atoms with E-state index in [0.29, 0.717) is 28.8 Å². The largest absolute Gasteiger partial charge is 0.416 e. The van der Waals surface area contributed by atoms with E-state index in [1.807, 2.05) is 0 Å². The number of benzene rings is 2. The number of halogens is 4. The van der Waals surface area contributed by atoms with Gasteiger partial charge in [0.15, 0.2) is 0 Å². The third-order valence-corrected chi connectivity index (χ3v) is 4.91. The van der Waals surface area contributed by atoms with Gasteiger partial charge in [0, 0.05) is 16.8 Å². The second-order valence-corrected chi connectivity index (χ2v) is 7.64. The molecule has 0 spiro atoms. The fourth-order valence-corrected chi connectivity index (χ4v) is 3.30. The van der Waals surface area contributed by atoms with Gasteiger partial charge in [-0.25, -0.2) is 9.37 Å². The van der Waals surface area contributed by atoms with Gasteiger partial charge in [-0.1, -0.05) is 6.07 Å². The molecule has 0 atom stereocenters. The maximum atomic E-state index is 13.6. The van der Waals surface area contributed by atoms with Gasteiger partial charge in [0.25, 0.3) is 11.8 Å². The Morgan fingerprint density at radius 1 is 1.00 bits per heavy atom. The van der Waals surface area contributed by atoms with Gasteiger partial charge in [0.1, 0.15) is 10.8 Å². The SMILES string of the molecule is Cc1ncc(NC(=O)c2cc(NC(=O)c3cc(F)cc(C(F)(F)F)c3)ccc2C)s1. The van der Waals surface area contributed by atoms with Gasteiger partial charge in [-0.2, -0.15) is 13.2 Å². The van der Waals surface area contributed by atoms with Crippen molar-refractivity contribution in [1.82, 2.24) is 4.98 Å². The molecule has 3 rings (SSSR count). The van der Waals surface area contributed by atoms with Gasteiger partial charge in [0.05, 0.1) is 16.8 Å². The van der Waals surface area contributed by atoms with E-state index in [2.05, 4.69) is 15.6 Å². The zero-order valence-corrected chi connectivity index (χ0v) is 16.5. The van der Waals surface area contributed by atoms with Gasteiger partial charge in [0.2, 0.25) is 0 Å². The van der Waals surface area contributed by atoms with E-state index >= 15 is 0 Å². The first kappa shape index (κ1) is 21.4. The van der Waals surface area contributed by atoms with Gasteiger partial charge in [-0.3, -0.25) is 9.59 Å². The van der Waals surface area contributed by atoms with Crippen molar-refractivity contribution in [2.24, 2.45) is 0 Å². The van der Waals surface area contributed by atoms with Crippen LogP contribution in [0.4, 0.5) is 28.3 Å². The summed E-state index contributed by atoms with van der Waals surface area (Å²) in [5.41, 5.74) is -0.703. The maximum absolute atomic E-state index is 13.6. The highest BCUT2D eigenvalue weighted by molar-refractivity contribution is 7.15. The molecule has 2 N–H and O–H groups in total. The van der Waals surface area contributed by atoms with Crippen LogP contribution in [0.1, 0.15) is 36.9 Å². The average molecular weight is 437 g/mol. The molecule has 0 saturated carbocycles. The van der Waals surface area contributed by atoms with Crippen molar-refractivity contribution in [3.63, 3.8) is 0 Å². The quantitative estimate of drug-likeness (QED) is 0.536. The molecular weight excluding hydrogens is 422 g/mol. The van der Waals surface area contributed by atoms with Gasteiger partial charge < -0.3 is 10.6 Å². The Kier molecular flexibility index (Phi) is 5.88. The fraction of sp³-hybridized carbons (Fsp3) is 0.150. The van der Waals surface area contributed by atoms with Crippen molar-refractivity contribution in [2.75, 3.05) is 10.6 Å². The first-order valence-electron chi connectivity index (χ1n) is 8.56. The third kappa shape index (κ3) is 5.01. The minimum absolute atomic E-state index is 0.175. The first-order valence-corrected chi connectivity index (χ1v) is 9.38. The molecule has 0 radical (unpaired) electrons. The lowest BCUT2D eigenvalue weighted by Gasteiger charge is -2.12. The maximum Gasteiger partial charge on any atom is 0.416 e. The number of hydrogen-bond acceptors (Lipinski definition) is 4. The Balaban J connectivity index is 1.82. The van der Waals surface area contributed by atoms with Crippen LogP contribution in [-0.2, 0) is 6.18 Å². The number of thiazole rings is 1. The van der Waals surface area contributed by atoms with Gasteiger partial charge in [-0.15, -0.1) is 11.3 Å². The van der Waals surface area contributed by atoms with E-state index < -0.39 is 34.9 Å². The predicted molar refractivity (Wildman–Crippen MR) is 105 cm³/mol. The molecule has 1 aromatic heterocycles. The van der Waals surface area contributed by atoms with Crippen molar-refractivity contribution in [1.29, 1.82) is 0 Å². The summed E-state index contributed by atoms with van der Waals surface area (Å²) >= 11 is 1.29. The number of rotatable bonds is 4. The number of aromatic nitrogens is 1. The number of amides is 2. The van der Waals surface area contributed by atoms with Gasteiger partial charge >= 0.3 is 6.18 Å². The molecule has 1 heterocycles. The van der Waals surface area contributed by atoms with Crippen LogP contribution in [0.25, 0.3) is 0 Å². The van der Waals surface area contributed by atoms with Crippen LogP contribution in [0.15, 0.2) is 42.6 Å². The van der Waals surface area contributed by atoms with Crippen molar-refractivity contribution < 1.29 is 27.2 Å². The monoisotopic (exact) mass is 437 g/mol. The molecule has 3 aromatic rings. The summed E-state index contributed by atoms with van der Waals surface area (Å²) in [6, 6.07) is 6.04. The lowest BCUT2D eigenvalue weighted by molar-refractivity contribution is -0.137. The van der Waals surface area contributed by atoms with Crippen molar-refractivity contribution in [3.05, 3.63) is 75.7 Å². The lowest BCUT2D eigenvalue weighted by atomic mass is 10.1. The van der Waals surface area contributed by atoms with E-state index in [1.54, 1.807) is 19.9 Å². The number of aryl methyl sites for hydroxylation is 2. The molecule has 5 nitrogen and oxygen atoms in total. The zero-order chi connectivity index (χ0) is 22.1. The number of alkyl halides is 3. The fourth-order valence-electron chi connectivity index (χ4n) is 2.63. The van der Waals surface area contributed by atoms with Crippen LogP contribution in [0.2, 0.25) is 0 Å². The molecule has 156 valence electrons. The number of anilines is 2. The summed E-state index contributed by atoms with van der Waals surface area (Å²) in [5.74, 6) is -2.55. The van der Waals surface area contributed by atoms with E-state index in [-0.39, 0.29) is 11.3 Å². The molecule has 2 aromatic carbocycles. The number of nitrogens with zero attached hydrogens (tertiary/aromatic N) is 1. The van der Waals surface area contributed by atoms with E-state index in [9.17, 15) is 27.2 Å². The minimum atomic E-state index is -4.79. The molecule has 0 unspecified atom stereocenters. The summed E-state index contributed by atoms with van der Waals surface area (Å²) < 4.78 is 52.1. The number of hydrogen-bond donors (Lipinski definition) is 2. The molecule has 30 heavy (non-hydrogen) atoms. The average Bonchev–Trinajstić information content (AvgIpc) is 3.06. The number of carbonyl (C=O) groups excluding carboxylic acids is 2. The summed E-state index contributed by atoms with van der Waals surface area (Å²) in [6.45, 7) is 3.49. The highest BCUT2D eigenvalue weighted by Gasteiger charge is 2.32. The highest BCUT2D eigenvalue weighted by Crippen LogP contribution is 2.30. The summed E-state index contributed by atoms with van der Waals surface area (Å²) in [6.07, 6.45) is -3.28. The van der Waals surface area contributed by atoms with Crippen LogP contribution in [0.3, 0.4) is 0 Å². The summed E-state index contributed by atoms with van der Waals surface area (Å²) in [5, 5.41) is 6.41. The predicted octanol–water partition coefficient (Wildman–Crippen LogP) is 5.42. The van der Waals surface area contributed by atoms with Crippen LogP contribution >= 0.6 is 11.3 Å². The Morgan fingerprint density at radius 3 is 2.37 bits per heavy atom. The molecule has 0 fully saturated rings. The molecule has 10 heteroatoms. The minimum Gasteiger partial charge on any atom is -0.322 e. The molecular formula is C20H15F4N3O2S. The van der Waals surface area contributed by atoms with Crippen LogP contribution in [0, 0.1) is 19.7 Å². The Labute approximate surface area is 172 Å². The molecule has 0 aliphatic carbocycles. The van der Waals surface area contributed by atoms with Crippen LogP contribution in [0.5, 0.6) is 0 Å². The van der Waals surface area contributed by atoms with Crippen LogP contribution < -0.4 is 10.6 Å². The summed E-state index contributed by atoms with van der Waals surface area (Å²) in [4.78, 5) is 28.9. The molecule has 0 aliphatic heterocycles. The Hall–Kier alpha value is -3.27. The first-order chi connectivity index (χ1) is 14.0. The van der Waals surface area contributed by atoms with Gasteiger partial charge in [-0.05, 0) is 49.7 Å². The van der Waals surface area contributed by atoms with E-state index in [0.717, 1.165) is 5.01 Å². The van der Waals surface area contributed by atoms with Crippen LogP contribution in [-0.4, -0.2) is 16.8 Å². The lowest BCUT2D eigenvalue weighted by Crippen LogP contribution is -2.16. The molecule has 0 saturated heterocycles. The standard InChI is InChI=1S/C20H15F4N3O2S/c1-10-3-4-15(8-16(10)19(29)27-17-9-25-11(2)30-17)26-18(28)12-5-13(20(22,23)24)7-14(21)6-12/h3-9H,1-2H3,(H,26,28)(H,27,29). The van der Waals surface area contributed by atoms with Crippen molar-refractivity contribution in [3.8, 4) is 0 Å². The van der Waals surface area contributed by atoms with E-state index in [4.69, 9.17) is 0 Å². The molecule has 2 amide bonds. The highest BCUT2D eigenvalue weighted by atomic mass is 32.1. The topological polar surface area (TPSA) is 71.1 Å². The number of nitrogens with one attached hydrogen (secondary N) is 2. The molecule has 0 bridgehead atoms. The summed E-state index contributed by atoms with van der Waals surface area (Å²) in [7, 11) is 0. The number of carbonyl (C=O) groups is 2. The smallest absolute Gasteiger partial charge is 0.322 e.